The van der Waals surface area contributed by atoms with Crippen molar-refractivity contribution < 1.29 is 9.50 Å². The zero-order chi connectivity index (χ0) is 12.3. The van der Waals surface area contributed by atoms with Crippen molar-refractivity contribution in [1.29, 1.82) is 0 Å². The van der Waals surface area contributed by atoms with Crippen molar-refractivity contribution in [1.82, 2.24) is 0 Å². The van der Waals surface area contributed by atoms with Gasteiger partial charge in [-0.3, -0.25) is 0 Å². The van der Waals surface area contributed by atoms with Gasteiger partial charge in [0, 0.05) is 6.42 Å². The number of aliphatic hydroxyl groups is 1. The molecule has 1 N–H and O–H groups in total. The van der Waals surface area contributed by atoms with E-state index < -0.39 is 5.60 Å². The summed E-state index contributed by atoms with van der Waals surface area (Å²) in [5.74, 6) is -0.195. The van der Waals surface area contributed by atoms with E-state index in [1.807, 2.05) is 13.0 Å². The molecule has 1 nitrogen and oxygen atoms in total. The summed E-state index contributed by atoms with van der Waals surface area (Å²) in [6.45, 7) is 1.92. The number of halogens is 1. The highest BCUT2D eigenvalue weighted by molar-refractivity contribution is 5.28. The van der Waals surface area contributed by atoms with Gasteiger partial charge in [0.05, 0.1) is 5.60 Å². The molecule has 0 radical (unpaired) electrons. The molecule has 1 aliphatic rings. The first-order valence-electron chi connectivity index (χ1n) is 6.56. The normalized spacial score (nSPS) is 19.9. The van der Waals surface area contributed by atoms with Gasteiger partial charge in [0.1, 0.15) is 5.82 Å². The van der Waals surface area contributed by atoms with Crippen LogP contribution in [0.5, 0.6) is 0 Å². The fourth-order valence-electron chi connectivity index (χ4n) is 2.78. The number of rotatable bonds is 2. The molecule has 0 unspecified atom stereocenters. The van der Waals surface area contributed by atoms with Crippen LogP contribution in [0.15, 0.2) is 18.2 Å². The van der Waals surface area contributed by atoms with Crippen molar-refractivity contribution >= 4 is 0 Å². The summed E-state index contributed by atoms with van der Waals surface area (Å²) in [5.41, 5.74) is 1.46. The van der Waals surface area contributed by atoms with Gasteiger partial charge in [0.2, 0.25) is 0 Å². The SMILES string of the molecule is Cc1cc(F)ccc1CC1(O)CCCCCC1. The smallest absolute Gasteiger partial charge is 0.123 e. The van der Waals surface area contributed by atoms with Crippen molar-refractivity contribution in [2.24, 2.45) is 0 Å². The molecular formula is C15H21FO. The molecule has 0 heterocycles. The number of aryl methyl sites for hydroxylation is 1. The second-order valence-electron chi connectivity index (χ2n) is 5.39. The monoisotopic (exact) mass is 236 g/mol. The van der Waals surface area contributed by atoms with Crippen LogP contribution >= 0.6 is 0 Å². The van der Waals surface area contributed by atoms with Crippen LogP contribution in [0.4, 0.5) is 4.39 Å². The van der Waals surface area contributed by atoms with Crippen LogP contribution in [0.1, 0.15) is 49.7 Å². The molecule has 1 aromatic rings. The first kappa shape index (κ1) is 12.6. The molecule has 1 saturated carbocycles. The average Bonchev–Trinajstić information content (AvgIpc) is 2.48. The highest BCUT2D eigenvalue weighted by atomic mass is 19.1. The lowest BCUT2D eigenvalue weighted by Crippen LogP contribution is -2.30. The molecule has 0 aromatic heterocycles. The van der Waals surface area contributed by atoms with E-state index in [-0.39, 0.29) is 5.82 Å². The van der Waals surface area contributed by atoms with E-state index in [2.05, 4.69) is 0 Å². The van der Waals surface area contributed by atoms with Crippen LogP contribution in [-0.4, -0.2) is 10.7 Å². The molecule has 1 fully saturated rings. The van der Waals surface area contributed by atoms with Crippen LogP contribution in [-0.2, 0) is 6.42 Å². The Balaban J connectivity index is 2.12. The molecule has 0 atom stereocenters. The topological polar surface area (TPSA) is 20.2 Å². The Bertz CT molecular complexity index is 379. The quantitative estimate of drug-likeness (QED) is 0.775. The average molecular weight is 236 g/mol. The summed E-state index contributed by atoms with van der Waals surface area (Å²) in [5, 5.41) is 10.6. The van der Waals surface area contributed by atoms with Crippen LogP contribution < -0.4 is 0 Å². The van der Waals surface area contributed by atoms with Crippen LogP contribution in [0.3, 0.4) is 0 Å². The maximum absolute atomic E-state index is 13.0. The van der Waals surface area contributed by atoms with E-state index in [9.17, 15) is 9.50 Å². The van der Waals surface area contributed by atoms with Gasteiger partial charge in [0.25, 0.3) is 0 Å². The van der Waals surface area contributed by atoms with Crippen LogP contribution in [0.25, 0.3) is 0 Å². The summed E-state index contributed by atoms with van der Waals surface area (Å²) in [6.07, 6.45) is 7.09. The predicted octanol–water partition coefficient (Wildman–Crippen LogP) is 3.76. The molecule has 0 saturated heterocycles. The Kier molecular flexibility index (Phi) is 3.82. The van der Waals surface area contributed by atoms with Gasteiger partial charge in [-0.15, -0.1) is 0 Å². The molecule has 1 aliphatic carbocycles. The van der Waals surface area contributed by atoms with Gasteiger partial charge in [-0.05, 0) is 43.0 Å². The third-order valence-corrected chi connectivity index (χ3v) is 3.86. The van der Waals surface area contributed by atoms with Gasteiger partial charge < -0.3 is 5.11 Å². The summed E-state index contributed by atoms with van der Waals surface area (Å²) in [7, 11) is 0. The van der Waals surface area contributed by atoms with E-state index in [0.717, 1.165) is 36.8 Å². The fourth-order valence-corrected chi connectivity index (χ4v) is 2.78. The number of hydrogen-bond donors (Lipinski definition) is 1. The maximum Gasteiger partial charge on any atom is 0.123 e. The fraction of sp³-hybridized carbons (Fsp3) is 0.600. The molecule has 2 heteroatoms. The lowest BCUT2D eigenvalue weighted by atomic mass is 9.86. The standard InChI is InChI=1S/C15H21FO/c1-12-10-14(16)7-6-13(12)11-15(17)8-4-2-3-5-9-15/h6-7,10,17H,2-5,8-9,11H2,1H3. The molecule has 0 spiro atoms. The molecule has 2 rings (SSSR count). The maximum atomic E-state index is 13.0. The first-order chi connectivity index (χ1) is 8.09. The zero-order valence-corrected chi connectivity index (χ0v) is 10.5. The molecule has 0 amide bonds. The van der Waals surface area contributed by atoms with Gasteiger partial charge >= 0.3 is 0 Å². The largest absolute Gasteiger partial charge is 0.390 e. The second-order valence-corrected chi connectivity index (χ2v) is 5.39. The minimum Gasteiger partial charge on any atom is -0.390 e. The lowest BCUT2D eigenvalue weighted by Gasteiger charge is -2.27. The molecule has 0 bridgehead atoms. The number of benzene rings is 1. The second kappa shape index (κ2) is 5.18. The summed E-state index contributed by atoms with van der Waals surface area (Å²) in [4.78, 5) is 0. The van der Waals surface area contributed by atoms with Crippen LogP contribution in [0.2, 0.25) is 0 Å². The van der Waals surface area contributed by atoms with Crippen molar-refractivity contribution in [3.8, 4) is 0 Å². The van der Waals surface area contributed by atoms with Gasteiger partial charge in [-0.2, -0.15) is 0 Å². The van der Waals surface area contributed by atoms with Gasteiger partial charge in [-0.1, -0.05) is 31.7 Å². The third kappa shape index (κ3) is 3.29. The van der Waals surface area contributed by atoms with Crippen molar-refractivity contribution in [2.75, 3.05) is 0 Å². The Morgan fingerprint density at radius 3 is 2.41 bits per heavy atom. The van der Waals surface area contributed by atoms with E-state index in [0.29, 0.717) is 6.42 Å². The Morgan fingerprint density at radius 1 is 1.18 bits per heavy atom. The molecule has 94 valence electrons. The predicted molar refractivity (Wildman–Crippen MR) is 67.5 cm³/mol. The molecule has 17 heavy (non-hydrogen) atoms. The zero-order valence-electron chi connectivity index (χ0n) is 10.5. The van der Waals surface area contributed by atoms with E-state index in [4.69, 9.17) is 0 Å². The Morgan fingerprint density at radius 2 is 1.82 bits per heavy atom. The lowest BCUT2D eigenvalue weighted by molar-refractivity contribution is 0.0251. The minimum atomic E-state index is -0.570. The number of hydrogen-bond acceptors (Lipinski definition) is 1. The van der Waals surface area contributed by atoms with Gasteiger partial charge in [0.15, 0.2) is 0 Å². The van der Waals surface area contributed by atoms with Crippen LogP contribution in [0, 0.1) is 12.7 Å². The highest BCUT2D eigenvalue weighted by Crippen LogP contribution is 2.31. The van der Waals surface area contributed by atoms with Crippen molar-refractivity contribution in [3.63, 3.8) is 0 Å². The van der Waals surface area contributed by atoms with Gasteiger partial charge in [-0.25, -0.2) is 4.39 Å². The highest BCUT2D eigenvalue weighted by Gasteiger charge is 2.28. The summed E-state index contributed by atoms with van der Waals surface area (Å²) < 4.78 is 13.0. The van der Waals surface area contributed by atoms with E-state index in [1.54, 1.807) is 6.07 Å². The molecular weight excluding hydrogens is 215 g/mol. The van der Waals surface area contributed by atoms with Crippen molar-refractivity contribution in [3.05, 3.63) is 35.1 Å². The Hall–Kier alpha value is -0.890. The van der Waals surface area contributed by atoms with Crippen molar-refractivity contribution in [2.45, 2.75) is 57.5 Å². The molecule has 0 aliphatic heterocycles. The minimum absolute atomic E-state index is 0.195. The Labute approximate surface area is 103 Å². The van der Waals surface area contributed by atoms with E-state index in [1.165, 1.54) is 18.9 Å². The van der Waals surface area contributed by atoms with E-state index >= 15 is 0 Å². The summed E-state index contributed by atoms with van der Waals surface area (Å²) in [6, 6.07) is 4.85. The third-order valence-electron chi connectivity index (χ3n) is 3.86. The first-order valence-corrected chi connectivity index (χ1v) is 6.56. The summed E-state index contributed by atoms with van der Waals surface area (Å²) >= 11 is 0. The molecule has 1 aromatic carbocycles.